The Morgan fingerprint density at radius 1 is 1.33 bits per heavy atom. The molecular formula is C12H8BrFN2O2. The largest absolute Gasteiger partial charge is 0.505 e. The van der Waals surface area contributed by atoms with Crippen LogP contribution in [0.25, 0.3) is 0 Å². The van der Waals surface area contributed by atoms with E-state index in [0.717, 1.165) is 0 Å². The number of aromatic hydroxyl groups is 1. The predicted octanol–water partition coefficient (Wildman–Crippen LogP) is 2.94. The van der Waals surface area contributed by atoms with Crippen LogP contribution in [0.15, 0.2) is 41.0 Å². The third-order valence-corrected chi connectivity index (χ3v) is 2.86. The summed E-state index contributed by atoms with van der Waals surface area (Å²) in [6, 6.07) is 7.15. The Bertz CT molecular complexity index is 584. The lowest BCUT2D eigenvalue weighted by Crippen LogP contribution is -2.15. The van der Waals surface area contributed by atoms with Crippen LogP contribution >= 0.6 is 15.9 Å². The van der Waals surface area contributed by atoms with Crippen LogP contribution in [0.2, 0.25) is 0 Å². The maximum atomic E-state index is 13.5. The molecule has 1 amide bonds. The minimum Gasteiger partial charge on any atom is -0.505 e. The molecule has 6 heteroatoms. The van der Waals surface area contributed by atoms with Crippen molar-refractivity contribution in [3.05, 3.63) is 52.5 Å². The van der Waals surface area contributed by atoms with Crippen LogP contribution in [0.4, 0.5) is 10.1 Å². The highest BCUT2D eigenvalue weighted by atomic mass is 79.9. The summed E-state index contributed by atoms with van der Waals surface area (Å²) >= 11 is 3.13. The zero-order valence-corrected chi connectivity index (χ0v) is 10.6. The molecule has 0 radical (unpaired) electrons. The summed E-state index contributed by atoms with van der Waals surface area (Å²) in [4.78, 5) is 15.6. The van der Waals surface area contributed by atoms with Gasteiger partial charge in [0.1, 0.15) is 11.6 Å². The van der Waals surface area contributed by atoms with Crippen molar-refractivity contribution in [1.29, 1.82) is 0 Å². The molecule has 0 aliphatic rings. The molecule has 0 saturated heterocycles. The second-order valence-electron chi connectivity index (χ2n) is 3.42. The van der Waals surface area contributed by atoms with E-state index in [-0.39, 0.29) is 17.1 Å². The van der Waals surface area contributed by atoms with Gasteiger partial charge >= 0.3 is 0 Å². The molecule has 0 spiro atoms. The normalized spacial score (nSPS) is 10.1. The average molecular weight is 311 g/mol. The Labute approximate surface area is 111 Å². The number of aromatic nitrogens is 1. The van der Waals surface area contributed by atoms with Crippen molar-refractivity contribution in [3.63, 3.8) is 0 Å². The van der Waals surface area contributed by atoms with Crippen LogP contribution in [0.3, 0.4) is 0 Å². The van der Waals surface area contributed by atoms with E-state index in [2.05, 4.69) is 26.2 Å². The Hall–Kier alpha value is -1.95. The Kier molecular flexibility index (Phi) is 3.57. The summed E-state index contributed by atoms with van der Waals surface area (Å²) in [6.07, 6.45) is 1.37. The maximum absolute atomic E-state index is 13.5. The summed E-state index contributed by atoms with van der Waals surface area (Å²) in [5.41, 5.74) is -0.153. The van der Waals surface area contributed by atoms with Crippen LogP contribution in [-0.2, 0) is 0 Å². The van der Waals surface area contributed by atoms with Crippen molar-refractivity contribution in [2.24, 2.45) is 0 Å². The second kappa shape index (κ2) is 5.14. The molecule has 0 atom stereocenters. The van der Waals surface area contributed by atoms with Gasteiger partial charge in [0.25, 0.3) is 5.91 Å². The molecular weight excluding hydrogens is 303 g/mol. The zero-order valence-electron chi connectivity index (χ0n) is 9.02. The number of nitrogens with one attached hydrogen (secondary N) is 1. The molecule has 0 saturated carbocycles. The number of rotatable bonds is 2. The molecule has 2 rings (SSSR count). The number of carbonyl (C=O) groups excluding carboxylic acids is 1. The molecule has 18 heavy (non-hydrogen) atoms. The lowest BCUT2D eigenvalue weighted by Gasteiger charge is -2.08. The minimum absolute atomic E-state index is 0.00699. The van der Waals surface area contributed by atoms with Crippen molar-refractivity contribution in [2.45, 2.75) is 0 Å². The molecule has 0 aliphatic carbocycles. The van der Waals surface area contributed by atoms with E-state index in [1.165, 1.54) is 30.5 Å². The van der Waals surface area contributed by atoms with Crippen LogP contribution in [0.5, 0.6) is 5.75 Å². The molecule has 92 valence electrons. The second-order valence-corrected chi connectivity index (χ2v) is 4.28. The Balaban J connectivity index is 2.30. The van der Waals surface area contributed by atoms with Gasteiger partial charge in [0.2, 0.25) is 0 Å². The maximum Gasteiger partial charge on any atom is 0.278 e. The molecule has 1 aromatic heterocycles. The number of nitrogens with zero attached hydrogens (tertiary/aromatic N) is 1. The van der Waals surface area contributed by atoms with E-state index >= 15 is 0 Å². The highest BCUT2D eigenvalue weighted by Gasteiger charge is 2.15. The van der Waals surface area contributed by atoms with Crippen molar-refractivity contribution in [1.82, 2.24) is 4.98 Å². The smallest absolute Gasteiger partial charge is 0.278 e. The fraction of sp³-hybridized carbons (Fsp3) is 0. The number of amides is 1. The van der Waals surface area contributed by atoms with Crippen LogP contribution in [0.1, 0.15) is 10.5 Å². The van der Waals surface area contributed by atoms with E-state index in [9.17, 15) is 14.3 Å². The molecule has 4 nitrogen and oxygen atoms in total. The molecule has 2 aromatic rings. The third-order valence-electron chi connectivity index (χ3n) is 2.20. The first kappa shape index (κ1) is 12.5. The minimum atomic E-state index is -0.682. The van der Waals surface area contributed by atoms with Gasteiger partial charge in [-0.1, -0.05) is 6.07 Å². The number of anilines is 1. The lowest BCUT2D eigenvalue weighted by atomic mass is 10.2. The number of carbonyl (C=O) groups is 1. The van der Waals surface area contributed by atoms with Gasteiger partial charge < -0.3 is 10.4 Å². The highest BCUT2D eigenvalue weighted by molar-refractivity contribution is 9.10. The number of halogens is 2. The van der Waals surface area contributed by atoms with Gasteiger partial charge in [0, 0.05) is 10.7 Å². The van der Waals surface area contributed by atoms with E-state index in [1.807, 2.05) is 0 Å². The molecule has 1 aromatic carbocycles. The monoisotopic (exact) mass is 310 g/mol. The molecule has 2 N–H and O–H groups in total. The van der Waals surface area contributed by atoms with Gasteiger partial charge in [-0.15, -0.1) is 0 Å². The van der Waals surface area contributed by atoms with Crippen molar-refractivity contribution in [3.8, 4) is 5.75 Å². The first-order valence-electron chi connectivity index (χ1n) is 4.99. The third kappa shape index (κ3) is 2.48. The number of para-hydroxylation sites is 1. The fourth-order valence-corrected chi connectivity index (χ4v) is 1.80. The Morgan fingerprint density at radius 3 is 2.78 bits per heavy atom. The SMILES string of the molecule is O=C(Nc1c(F)cccc1Br)c1ncccc1O. The van der Waals surface area contributed by atoms with Crippen molar-refractivity contribution >= 4 is 27.5 Å². The van der Waals surface area contributed by atoms with Crippen LogP contribution in [-0.4, -0.2) is 16.0 Å². The van der Waals surface area contributed by atoms with E-state index in [4.69, 9.17) is 0 Å². The predicted molar refractivity (Wildman–Crippen MR) is 68.0 cm³/mol. The number of hydrogen-bond donors (Lipinski definition) is 2. The van der Waals surface area contributed by atoms with Gasteiger partial charge in [0.15, 0.2) is 5.69 Å². The average Bonchev–Trinajstić information content (AvgIpc) is 2.34. The molecule has 0 unspecified atom stereocenters. The van der Waals surface area contributed by atoms with Crippen LogP contribution in [0, 0.1) is 5.82 Å². The summed E-state index contributed by atoms with van der Waals surface area (Å²) < 4.78 is 13.9. The van der Waals surface area contributed by atoms with Gasteiger partial charge in [0.05, 0.1) is 5.69 Å². The van der Waals surface area contributed by atoms with Crippen molar-refractivity contribution in [2.75, 3.05) is 5.32 Å². The first-order valence-corrected chi connectivity index (χ1v) is 5.78. The topological polar surface area (TPSA) is 62.2 Å². The van der Waals surface area contributed by atoms with E-state index < -0.39 is 11.7 Å². The summed E-state index contributed by atoms with van der Waals surface area (Å²) in [5.74, 6) is -1.52. The van der Waals surface area contributed by atoms with Crippen molar-refractivity contribution < 1.29 is 14.3 Å². The molecule has 0 fully saturated rings. The summed E-state index contributed by atoms with van der Waals surface area (Å²) in [7, 11) is 0. The molecule has 1 heterocycles. The van der Waals surface area contributed by atoms with E-state index in [0.29, 0.717) is 4.47 Å². The Morgan fingerprint density at radius 2 is 2.11 bits per heavy atom. The number of pyridine rings is 1. The summed E-state index contributed by atoms with van der Waals surface area (Å²) in [5, 5.41) is 11.8. The lowest BCUT2D eigenvalue weighted by molar-refractivity contribution is 0.101. The standard InChI is InChI=1S/C12H8BrFN2O2/c13-7-3-1-4-8(14)10(7)16-12(18)11-9(17)5-2-6-15-11/h1-6,17H,(H,16,18). The summed E-state index contributed by atoms with van der Waals surface area (Å²) in [6.45, 7) is 0. The van der Waals surface area contributed by atoms with E-state index in [1.54, 1.807) is 6.07 Å². The van der Waals surface area contributed by atoms with Gasteiger partial charge in [-0.3, -0.25) is 4.79 Å². The first-order chi connectivity index (χ1) is 8.59. The fourth-order valence-electron chi connectivity index (χ4n) is 1.36. The molecule has 0 aliphatic heterocycles. The van der Waals surface area contributed by atoms with Gasteiger partial charge in [-0.25, -0.2) is 9.37 Å². The zero-order chi connectivity index (χ0) is 13.1. The van der Waals surface area contributed by atoms with Gasteiger partial charge in [-0.2, -0.15) is 0 Å². The highest BCUT2D eigenvalue weighted by Crippen LogP contribution is 2.26. The number of benzene rings is 1. The molecule has 0 bridgehead atoms. The van der Waals surface area contributed by atoms with Gasteiger partial charge in [-0.05, 0) is 40.2 Å². The number of hydrogen-bond acceptors (Lipinski definition) is 3. The van der Waals surface area contributed by atoms with Crippen LogP contribution < -0.4 is 5.32 Å². The quantitative estimate of drug-likeness (QED) is 0.896.